The summed E-state index contributed by atoms with van der Waals surface area (Å²) >= 11 is 4.39. The Balaban J connectivity index is 1.63. The third-order valence-electron chi connectivity index (χ3n) is 5.15. The summed E-state index contributed by atoms with van der Waals surface area (Å²) in [6.45, 7) is 4.86. The molecule has 0 spiro atoms. The summed E-state index contributed by atoms with van der Waals surface area (Å²) in [5.41, 5.74) is 5.32. The molecule has 1 N–H and O–H groups in total. The molecule has 0 bridgehead atoms. The fourth-order valence-corrected chi connectivity index (χ4v) is 3.59. The van der Waals surface area contributed by atoms with E-state index >= 15 is 0 Å². The number of amides is 1. The van der Waals surface area contributed by atoms with Crippen LogP contribution in [-0.2, 0) is 0 Å². The predicted octanol–water partition coefficient (Wildman–Crippen LogP) is 6.13. The van der Waals surface area contributed by atoms with Crippen molar-refractivity contribution in [2.45, 2.75) is 13.8 Å². The van der Waals surface area contributed by atoms with Gasteiger partial charge in [0.25, 0.3) is 5.91 Å². The van der Waals surface area contributed by atoms with Gasteiger partial charge in [-0.3, -0.25) is 9.78 Å². The molecule has 1 aromatic heterocycles. The Morgan fingerprint density at radius 3 is 2.57 bits per heavy atom. The number of fused-ring (bicyclic) bond motifs is 1. The molecule has 0 atom stereocenters. The molecule has 0 aliphatic carbocycles. The summed E-state index contributed by atoms with van der Waals surface area (Å²) in [4.78, 5) is 17.4. The Morgan fingerprint density at radius 1 is 1.03 bits per heavy atom. The fraction of sp³-hybridized carbons (Fsp3) is 0.120. The summed E-state index contributed by atoms with van der Waals surface area (Å²) in [6.07, 6.45) is 1.82. The van der Waals surface area contributed by atoms with Crippen molar-refractivity contribution in [3.05, 3.63) is 90.1 Å². The van der Waals surface area contributed by atoms with Crippen LogP contribution in [0.1, 0.15) is 22.8 Å². The van der Waals surface area contributed by atoms with Crippen molar-refractivity contribution >= 4 is 40.9 Å². The van der Waals surface area contributed by atoms with Crippen LogP contribution in [0.25, 0.3) is 22.0 Å². The topological polar surface area (TPSA) is 45.2 Å². The van der Waals surface area contributed by atoms with Crippen molar-refractivity contribution in [1.29, 1.82) is 0 Å². The van der Waals surface area contributed by atoms with Gasteiger partial charge in [0.15, 0.2) is 0 Å². The van der Waals surface area contributed by atoms with Crippen LogP contribution in [0.4, 0.5) is 11.4 Å². The largest absolute Gasteiger partial charge is 0.322 e. The number of benzene rings is 3. The first-order valence-corrected chi connectivity index (χ1v) is 10.3. The van der Waals surface area contributed by atoms with Crippen LogP contribution < -0.4 is 9.62 Å². The maximum Gasteiger partial charge on any atom is 0.255 e. The number of hydrogen-bond donors (Lipinski definition) is 2. The number of anilines is 2. The van der Waals surface area contributed by atoms with Gasteiger partial charge in [0.05, 0.1) is 5.69 Å². The van der Waals surface area contributed by atoms with Crippen LogP contribution in [0.5, 0.6) is 0 Å². The van der Waals surface area contributed by atoms with Gasteiger partial charge >= 0.3 is 0 Å². The molecular formula is C25H23N3OS. The lowest BCUT2D eigenvalue weighted by molar-refractivity contribution is 0.102. The molecule has 0 unspecified atom stereocenters. The number of hydrogen-bond acceptors (Lipinski definition) is 4. The quantitative estimate of drug-likeness (QED) is 0.387. The third kappa shape index (κ3) is 4.02. The number of thiol groups is 1. The minimum Gasteiger partial charge on any atom is -0.322 e. The number of nitrogens with one attached hydrogen (secondary N) is 1. The van der Waals surface area contributed by atoms with E-state index in [1.54, 1.807) is 0 Å². The highest BCUT2D eigenvalue weighted by Gasteiger charge is 2.12. The van der Waals surface area contributed by atoms with E-state index < -0.39 is 0 Å². The molecule has 0 aliphatic rings. The number of carbonyl (C=O) groups excluding carboxylic acids is 1. The van der Waals surface area contributed by atoms with Crippen molar-refractivity contribution < 1.29 is 4.79 Å². The summed E-state index contributed by atoms with van der Waals surface area (Å²) in [7, 11) is 0. The van der Waals surface area contributed by atoms with E-state index in [9.17, 15) is 4.79 Å². The van der Waals surface area contributed by atoms with Crippen LogP contribution in [0, 0.1) is 6.92 Å². The molecule has 0 radical (unpaired) electrons. The third-order valence-corrected chi connectivity index (χ3v) is 5.67. The minimum atomic E-state index is -0.149. The second-order valence-electron chi connectivity index (χ2n) is 7.13. The van der Waals surface area contributed by atoms with E-state index in [4.69, 9.17) is 0 Å². The zero-order valence-electron chi connectivity index (χ0n) is 17.0. The van der Waals surface area contributed by atoms with E-state index in [1.807, 2.05) is 78.1 Å². The molecule has 150 valence electrons. The Morgan fingerprint density at radius 2 is 1.80 bits per heavy atom. The smallest absolute Gasteiger partial charge is 0.255 e. The Kier molecular flexibility index (Phi) is 5.72. The number of nitrogens with zero attached hydrogens (tertiary/aromatic N) is 2. The average molecular weight is 414 g/mol. The number of pyridine rings is 1. The van der Waals surface area contributed by atoms with Gasteiger partial charge in [-0.25, -0.2) is 0 Å². The van der Waals surface area contributed by atoms with Crippen molar-refractivity contribution in [2.75, 3.05) is 16.2 Å². The highest BCUT2D eigenvalue weighted by Crippen LogP contribution is 2.31. The maximum atomic E-state index is 12.8. The fourth-order valence-electron chi connectivity index (χ4n) is 3.46. The maximum absolute atomic E-state index is 12.8. The van der Waals surface area contributed by atoms with Crippen LogP contribution in [0.2, 0.25) is 0 Å². The highest BCUT2D eigenvalue weighted by atomic mass is 32.1. The Hall–Kier alpha value is -3.31. The molecule has 0 saturated heterocycles. The molecule has 0 saturated carbocycles. The first kappa shape index (κ1) is 20.0. The van der Waals surface area contributed by atoms with E-state index in [0.717, 1.165) is 45.5 Å². The van der Waals surface area contributed by atoms with E-state index in [-0.39, 0.29) is 5.91 Å². The predicted molar refractivity (Wildman–Crippen MR) is 128 cm³/mol. The first-order chi connectivity index (χ1) is 14.6. The number of rotatable bonds is 5. The monoisotopic (exact) mass is 413 g/mol. The molecule has 3 aromatic carbocycles. The zero-order valence-corrected chi connectivity index (χ0v) is 17.9. The molecule has 0 aliphatic heterocycles. The molecule has 1 heterocycles. The average Bonchev–Trinajstić information content (AvgIpc) is 2.79. The number of aromatic nitrogens is 1. The van der Waals surface area contributed by atoms with Gasteiger partial charge < -0.3 is 9.62 Å². The van der Waals surface area contributed by atoms with Gasteiger partial charge in [-0.1, -0.05) is 43.1 Å². The lowest BCUT2D eigenvalue weighted by Crippen LogP contribution is -2.13. The molecule has 1 amide bonds. The minimum absolute atomic E-state index is 0.149. The second-order valence-corrected chi connectivity index (χ2v) is 7.61. The van der Waals surface area contributed by atoms with Crippen LogP contribution >= 0.6 is 12.8 Å². The number of carbonyl (C=O) groups is 1. The molecule has 4 rings (SSSR count). The van der Waals surface area contributed by atoms with E-state index in [0.29, 0.717) is 5.56 Å². The van der Waals surface area contributed by atoms with Gasteiger partial charge in [-0.05, 0) is 67.3 Å². The van der Waals surface area contributed by atoms with Crippen LogP contribution in [-0.4, -0.2) is 17.4 Å². The molecule has 30 heavy (non-hydrogen) atoms. The molecular weight excluding hydrogens is 390 g/mol. The molecule has 4 aromatic rings. The van der Waals surface area contributed by atoms with Gasteiger partial charge in [-0.2, -0.15) is 0 Å². The summed E-state index contributed by atoms with van der Waals surface area (Å²) in [5, 5.41) is 5.24. The summed E-state index contributed by atoms with van der Waals surface area (Å²) in [5.74, 6) is -0.149. The van der Waals surface area contributed by atoms with Gasteiger partial charge in [0.1, 0.15) is 0 Å². The summed E-state index contributed by atoms with van der Waals surface area (Å²) in [6, 6.07) is 23.5. The normalized spacial score (nSPS) is 10.8. The van der Waals surface area contributed by atoms with Crippen molar-refractivity contribution in [3.63, 3.8) is 0 Å². The lowest BCUT2D eigenvalue weighted by atomic mass is 9.99. The van der Waals surface area contributed by atoms with Crippen molar-refractivity contribution in [3.8, 4) is 11.3 Å². The molecule has 5 heteroatoms. The van der Waals surface area contributed by atoms with Gasteiger partial charge in [0, 0.05) is 40.6 Å². The van der Waals surface area contributed by atoms with Crippen molar-refractivity contribution in [2.24, 2.45) is 0 Å². The standard InChI is InChI=1S/C25H23N3OS/c1-3-28(30)21-12-9-19(10-13-21)25(29)27-20-11-8-17(2)23(16-20)24-22-7-5-4-6-18(22)14-15-26-24/h4-16,30H,3H2,1-2H3,(H,27,29). The first-order valence-electron chi connectivity index (χ1n) is 9.89. The Bertz CT molecular complexity index is 1200. The number of aryl methyl sites for hydroxylation is 1. The van der Waals surface area contributed by atoms with Crippen molar-refractivity contribution in [1.82, 2.24) is 4.98 Å². The Labute approximate surface area is 182 Å². The second kappa shape index (κ2) is 8.59. The van der Waals surface area contributed by atoms with E-state index in [2.05, 4.69) is 42.2 Å². The van der Waals surface area contributed by atoms with E-state index in [1.165, 1.54) is 0 Å². The molecule has 4 nitrogen and oxygen atoms in total. The highest BCUT2D eigenvalue weighted by molar-refractivity contribution is 7.81. The van der Waals surface area contributed by atoms with Gasteiger partial charge in [-0.15, -0.1) is 0 Å². The summed E-state index contributed by atoms with van der Waals surface area (Å²) < 4.78 is 1.82. The van der Waals surface area contributed by atoms with Gasteiger partial charge in [0.2, 0.25) is 0 Å². The molecule has 0 fully saturated rings. The van der Waals surface area contributed by atoms with Crippen LogP contribution in [0.3, 0.4) is 0 Å². The lowest BCUT2D eigenvalue weighted by Gasteiger charge is -2.15. The SMILES string of the molecule is CCN(S)c1ccc(C(=O)Nc2ccc(C)c(-c3nccc4ccccc34)c2)cc1. The zero-order chi connectivity index (χ0) is 21.1. The van der Waals surface area contributed by atoms with Crippen LogP contribution in [0.15, 0.2) is 79.0 Å².